The van der Waals surface area contributed by atoms with Gasteiger partial charge in [-0.1, -0.05) is 6.07 Å². The number of amides is 2. The predicted octanol–water partition coefficient (Wildman–Crippen LogP) is 1.03. The summed E-state index contributed by atoms with van der Waals surface area (Å²) in [5.41, 5.74) is 1.42. The fourth-order valence-electron chi connectivity index (χ4n) is 1.52. The molecule has 0 aliphatic heterocycles. The molecule has 0 aliphatic carbocycles. The van der Waals surface area contributed by atoms with Crippen molar-refractivity contribution in [3.05, 3.63) is 36.2 Å². The Balaban J connectivity index is 2.10. The van der Waals surface area contributed by atoms with Crippen LogP contribution in [-0.4, -0.2) is 26.8 Å². The summed E-state index contributed by atoms with van der Waals surface area (Å²) in [6.45, 7) is 1.42. The molecular weight excluding hydrogens is 246 g/mol. The van der Waals surface area contributed by atoms with E-state index in [1.807, 2.05) is 0 Å². The van der Waals surface area contributed by atoms with Gasteiger partial charge in [-0.15, -0.1) is 5.10 Å². The zero-order chi connectivity index (χ0) is 13.8. The van der Waals surface area contributed by atoms with Gasteiger partial charge in [0.25, 0.3) is 5.91 Å². The zero-order valence-electron chi connectivity index (χ0n) is 10.5. The van der Waals surface area contributed by atoms with Crippen LogP contribution in [0.15, 0.2) is 30.5 Å². The van der Waals surface area contributed by atoms with Crippen molar-refractivity contribution < 1.29 is 9.59 Å². The van der Waals surface area contributed by atoms with Gasteiger partial charge in [-0.3, -0.25) is 9.59 Å². The van der Waals surface area contributed by atoms with Crippen LogP contribution in [0.25, 0.3) is 0 Å². The number of rotatable bonds is 3. The molecule has 7 nitrogen and oxygen atoms in total. The lowest BCUT2D eigenvalue weighted by atomic mass is 10.2. The molecule has 2 rings (SSSR count). The highest BCUT2D eigenvalue weighted by atomic mass is 16.2. The molecule has 0 bridgehead atoms. The third-order valence-electron chi connectivity index (χ3n) is 2.27. The fraction of sp³-hybridized carbons (Fsp3) is 0.167. The average molecular weight is 259 g/mol. The second-order valence-electron chi connectivity index (χ2n) is 3.94. The smallest absolute Gasteiger partial charge is 0.277 e. The van der Waals surface area contributed by atoms with Crippen LogP contribution < -0.4 is 10.6 Å². The molecule has 2 N–H and O–H groups in total. The first-order valence-corrected chi connectivity index (χ1v) is 5.60. The van der Waals surface area contributed by atoms with Crippen molar-refractivity contribution in [1.82, 2.24) is 15.0 Å². The number of nitrogens with zero attached hydrogens (tertiary/aromatic N) is 3. The summed E-state index contributed by atoms with van der Waals surface area (Å²) in [7, 11) is 1.63. The molecule has 1 aromatic heterocycles. The number of aromatic nitrogens is 3. The third kappa shape index (κ3) is 3.38. The molecule has 0 aliphatic rings. The van der Waals surface area contributed by atoms with Crippen molar-refractivity contribution in [2.24, 2.45) is 7.05 Å². The summed E-state index contributed by atoms with van der Waals surface area (Å²) >= 11 is 0. The van der Waals surface area contributed by atoms with E-state index in [4.69, 9.17) is 0 Å². The van der Waals surface area contributed by atoms with Gasteiger partial charge in [0.05, 0.1) is 6.20 Å². The van der Waals surface area contributed by atoms with Crippen LogP contribution in [0.5, 0.6) is 0 Å². The second-order valence-corrected chi connectivity index (χ2v) is 3.94. The Morgan fingerprint density at radius 1 is 1.21 bits per heavy atom. The minimum atomic E-state index is -0.354. The predicted molar refractivity (Wildman–Crippen MR) is 69.7 cm³/mol. The molecule has 2 aromatic rings. The summed E-state index contributed by atoms with van der Waals surface area (Å²) in [6.07, 6.45) is 1.38. The number of anilines is 2. The Labute approximate surface area is 109 Å². The minimum Gasteiger partial charge on any atom is -0.326 e. The summed E-state index contributed by atoms with van der Waals surface area (Å²) < 4.78 is 0. The molecule has 0 unspecified atom stereocenters. The monoisotopic (exact) mass is 259 g/mol. The Morgan fingerprint density at radius 3 is 2.47 bits per heavy atom. The maximum Gasteiger partial charge on any atom is 0.277 e. The third-order valence-corrected chi connectivity index (χ3v) is 2.27. The molecular formula is C12H13N5O2. The molecule has 0 fully saturated rings. The largest absolute Gasteiger partial charge is 0.326 e. The highest BCUT2D eigenvalue weighted by molar-refractivity contribution is 6.03. The van der Waals surface area contributed by atoms with Crippen LogP contribution in [0.4, 0.5) is 11.4 Å². The van der Waals surface area contributed by atoms with Crippen LogP contribution in [0.2, 0.25) is 0 Å². The van der Waals surface area contributed by atoms with Crippen molar-refractivity contribution in [2.45, 2.75) is 6.92 Å². The molecule has 1 aromatic carbocycles. The molecule has 1 heterocycles. The van der Waals surface area contributed by atoms with Crippen molar-refractivity contribution >= 4 is 23.2 Å². The van der Waals surface area contributed by atoms with E-state index in [0.29, 0.717) is 11.4 Å². The molecule has 0 atom stereocenters. The lowest BCUT2D eigenvalue weighted by molar-refractivity contribution is -0.114. The van der Waals surface area contributed by atoms with Crippen molar-refractivity contribution in [3.8, 4) is 0 Å². The highest BCUT2D eigenvalue weighted by Crippen LogP contribution is 2.15. The van der Waals surface area contributed by atoms with Crippen LogP contribution in [-0.2, 0) is 11.8 Å². The summed E-state index contributed by atoms with van der Waals surface area (Å²) in [6, 6.07) is 6.85. The van der Waals surface area contributed by atoms with Crippen molar-refractivity contribution in [2.75, 3.05) is 10.6 Å². The van der Waals surface area contributed by atoms with E-state index in [9.17, 15) is 9.59 Å². The van der Waals surface area contributed by atoms with E-state index in [1.54, 1.807) is 31.3 Å². The number of benzene rings is 1. The fourth-order valence-corrected chi connectivity index (χ4v) is 1.52. The van der Waals surface area contributed by atoms with E-state index >= 15 is 0 Å². The quantitative estimate of drug-likeness (QED) is 0.861. The van der Waals surface area contributed by atoms with Crippen LogP contribution in [0.3, 0.4) is 0 Å². The van der Waals surface area contributed by atoms with Crippen molar-refractivity contribution in [1.29, 1.82) is 0 Å². The lowest BCUT2D eigenvalue weighted by Crippen LogP contribution is -2.13. The van der Waals surface area contributed by atoms with Gasteiger partial charge in [-0.25, -0.2) is 0 Å². The maximum atomic E-state index is 11.8. The zero-order valence-corrected chi connectivity index (χ0v) is 10.5. The van der Waals surface area contributed by atoms with Gasteiger partial charge in [0.15, 0.2) is 5.69 Å². The van der Waals surface area contributed by atoms with Gasteiger partial charge in [-0.2, -0.15) is 9.90 Å². The number of hydrogen-bond acceptors (Lipinski definition) is 4. The first-order chi connectivity index (χ1) is 9.04. The number of hydrogen-bond donors (Lipinski definition) is 2. The van der Waals surface area contributed by atoms with Crippen LogP contribution in [0, 0.1) is 0 Å². The molecule has 0 radical (unpaired) electrons. The van der Waals surface area contributed by atoms with E-state index in [-0.39, 0.29) is 17.5 Å². The summed E-state index contributed by atoms with van der Waals surface area (Å²) in [5.74, 6) is -0.523. The first kappa shape index (κ1) is 12.7. The Morgan fingerprint density at radius 2 is 1.89 bits per heavy atom. The number of aryl methyl sites for hydroxylation is 1. The number of nitrogens with one attached hydrogen (secondary N) is 2. The summed E-state index contributed by atoms with van der Waals surface area (Å²) in [5, 5.41) is 13.0. The molecule has 7 heteroatoms. The molecule has 0 saturated carbocycles. The van der Waals surface area contributed by atoms with Crippen LogP contribution in [0.1, 0.15) is 17.4 Å². The highest BCUT2D eigenvalue weighted by Gasteiger charge is 2.10. The maximum absolute atomic E-state index is 11.8. The summed E-state index contributed by atoms with van der Waals surface area (Å²) in [4.78, 5) is 24.1. The SMILES string of the molecule is CC(=O)Nc1cccc(NC(=O)c2cnn(C)n2)c1. The molecule has 19 heavy (non-hydrogen) atoms. The van der Waals surface area contributed by atoms with E-state index in [1.165, 1.54) is 17.9 Å². The molecule has 0 saturated heterocycles. The molecule has 98 valence electrons. The molecule has 2 amide bonds. The second kappa shape index (κ2) is 5.30. The molecule has 0 spiro atoms. The van der Waals surface area contributed by atoms with Gasteiger partial charge in [0.1, 0.15) is 0 Å². The van der Waals surface area contributed by atoms with Crippen LogP contribution >= 0.6 is 0 Å². The van der Waals surface area contributed by atoms with Gasteiger partial charge in [0.2, 0.25) is 5.91 Å². The Hall–Kier alpha value is -2.70. The van der Waals surface area contributed by atoms with Crippen molar-refractivity contribution in [3.63, 3.8) is 0 Å². The number of carbonyl (C=O) groups is 2. The Bertz CT molecular complexity index is 620. The van der Waals surface area contributed by atoms with Gasteiger partial charge < -0.3 is 10.6 Å². The topological polar surface area (TPSA) is 88.9 Å². The first-order valence-electron chi connectivity index (χ1n) is 5.60. The van der Waals surface area contributed by atoms with Gasteiger partial charge in [-0.05, 0) is 18.2 Å². The Kier molecular flexibility index (Phi) is 3.56. The number of carbonyl (C=O) groups excluding carboxylic acids is 2. The minimum absolute atomic E-state index is 0.169. The van der Waals surface area contributed by atoms with E-state index in [2.05, 4.69) is 20.8 Å². The van der Waals surface area contributed by atoms with E-state index in [0.717, 1.165) is 0 Å². The van der Waals surface area contributed by atoms with E-state index < -0.39 is 0 Å². The lowest BCUT2D eigenvalue weighted by Gasteiger charge is -2.06. The van der Waals surface area contributed by atoms with Gasteiger partial charge in [0, 0.05) is 25.3 Å². The standard InChI is InChI=1S/C12H13N5O2/c1-8(18)14-9-4-3-5-10(6-9)15-12(19)11-7-13-17(2)16-11/h3-7H,1-2H3,(H,14,18)(H,15,19). The normalized spacial score (nSPS) is 10.0. The average Bonchev–Trinajstić information content (AvgIpc) is 2.75. The van der Waals surface area contributed by atoms with Gasteiger partial charge >= 0.3 is 0 Å².